The number of rotatable bonds is 4. The summed E-state index contributed by atoms with van der Waals surface area (Å²) in [6, 6.07) is 8.03. The number of piperidine rings is 1. The van der Waals surface area contributed by atoms with Crippen molar-refractivity contribution in [3.8, 4) is 0 Å². The van der Waals surface area contributed by atoms with Crippen LogP contribution in [-0.4, -0.2) is 34.1 Å². The van der Waals surface area contributed by atoms with Gasteiger partial charge < -0.3 is 9.32 Å². The van der Waals surface area contributed by atoms with E-state index in [1.807, 2.05) is 17.0 Å². The summed E-state index contributed by atoms with van der Waals surface area (Å²) in [5, 5.41) is 8.46. The van der Waals surface area contributed by atoms with Gasteiger partial charge in [0.05, 0.1) is 0 Å². The second-order valence-corrected chi connectivity index (χ2v) is 6.36. The van der Waals surface area contributed by atoms with Crippen LogP contribution in [0.25, 0.3) is 0 Å². The van der Waals surface area contributed by atoms with E-state index < -0.39 is 0 Å². The maximum Gasteiger partial charge on any atom is 0.223 e. The van der Waals surface area contributed by atoms with Crippen molar-refractivity contribution in [2.75, 3.05) is 13.1 Å². The first-order valence-electron chi connectivity index (χ1n) is 7.94. The summed E-state index contributed by atoms with van der Waals surface area (Å²) >= 11 is 5.93. The zero-order chi connectivity index (χ0) is 16.2. The molecule has 6 heteroatoms. The van der Waals surface area contributed by atoms with E-state index in [4.69, 9.17) is 16.0 Å². The highest BCUT2D eigenvalue weighted by Gasteiger charge is 2.23. The van der Waals surface area contributed by atoms with E-state index in [2.05, 4.69) is 22.3 Å². The second-order valence-electron chi connectivity index (χ2n) is 5.92. The van der Waals surface area contributed by atoms with Crippen molar-refractivity contribution in [1.82, 2.24) is 15.1 Å². The van der Waals surface area contributed by atoms with Crippen molar-refractivity contribution in [1.29, 1.82) is 0 Å². The molecule has 0 saturated carbocycles. The molecule has 0 N–H and O–H groups in total. The molecule has 5 nitrogen and oxygen atoms in total. The molecule has 122 valence electrons. The molecular formula is C17H20ClN3O2. The smallest absolute Gasteiger partial charge is 0.223 e. The lowest BCUT2D eigenvalue weighted by atomic mass is 9.89. The molecule has 0 radical (unpaired) electrons. The zero-order valence-corrected chi connectivity index (χ0v) is 13.9. The minimum Gasteiger partial charge on any atom is -0.426 e. The Morgan fingerprint density at radius 3 is 2.57 bits per heavy atom. The van der Waals surface area contributed by atoms with Crippen molar-refractivity contribution >= 4 is 17.5 Å². The predicted octanol–water partition coefficient (Wildman–Crippen LogP) is 3.37. The monoisotopic (exact) mass is 333 g/mol. The van der Waals surface area contributed by atoms with E-state index in [0.717, 1.165) is 31.0 Å². The van der Waals surface area contributed by atoms with Gasteiger partial charge in [0, 0.05) is 37.9 Å². The van der Waals surface area contributed by atoms with E-state index in [0.29, 0.717) is 30.5 Å². The van der Waals surface area contributed by atoms with Crippen molar-refractivity contribution in [2.24, 2.45) is 0 Å². The summed E-state index contributed by atoms with van der Waals surface area (Å²) in [5.41, 5.74) is 1.31. The second kappa shape index (κ2) is 7.13. The number of hydrogen-bond donors (Lipinski definition) is 0. The highest BCUT2D eigenvalue weighted by Crippen LogP contribution is 2.29. The van der Waals surface area contributed by atoms with Gasteiger partial charge in [-0.3, -0.25) is 4.79 Å². The highest BCUT2D eigenvalue weighted by atomic mass is 35.5. The number of aromatic nitrogens is 2. The van der Waals surface area contributed by atoms with Gasteiger partial charge in [-0.05, 0) is 36.5 Å². The molecule has 1 aromatic carbocycles. The van der Waals surface area contributed by atoms with Crippen molar-refractivity contribution in [3.63, 3.8) is 0 Å². The molecule has 0 atom stereocenters. The minimum absolute atomic E-state index is 0.162. The number of nitrogens with zero attached hydrogens (tertiary/aromatic N) is 3. The lowest BCUT2D eigenvalue weighted by molar-refractivity contribution is -0.132. The van der Waals surface area contributed by atoms with Gasteiger partial charge in [0.2, 0.25) is 17.7 Å². The van der Waals surface area contributed by atoms with E-state index >= 15 is 0 Å². The molecule has 2 heterocycles. The fourth-order valence-electron chi connectivity index (χ4n) is 3.01. The number of carbonyl (C=O) groups is 1. The van der Waals surface area contributed by atoms with Crippen LogP contribution in [0.15, 0.2) is 28.7 Å². The van der Waals surface area contributed by atoms with Crippen LogP contribution in [0.1, 0.15) is 42.5 Å². The largest absolute Gasteiger partial charge is 0.426 e. The first kappa shape index (κ1) is 16.0. The third-order valence-corrected chi connectivity index (χ3v) is 4.56. The third-order valence-electron chi connectivity index (χ3n) is 4.31. The molecule has 2 aromatic rings. The summed E-state index contributed by atoms with van der Waals surface area (Å²) < 4.78 is 5.30. The molecule has 1 amide bonds. The van der Waals surface area contributed by atoms with Gasteiger partial charge in [0.15, 0.2) is 0 Å². The molecule has 1 fully saturated rings. The van der Waals surface area contributed by atoms with Gasteiger partial charge in [-0.15, -0.1) is 10.2 Å². The van der Waals surface area contributed by atoms with E-state index in [1.54, 1.807) is 6.92 Å². The summed E-state index contributed by atoms with van der Waals surface area (Å²) in [4.78, 5) is 14.2. The van der Waals surface area contributed by atoms with Crippen LogP contribution in [-0.2, 0) is 11.2 Å². The Kier molecular flexibility index (Phi) is 4.96. The Labute approximate surface area is 140 Å². The van der Waals surface area contributed by atoms with Gasteiger partial charge in [-0.2, -0.15) is 0 Å². The normalized spacial score (nSPS) is 15.8. The number of aryl methyl sites for hydroxylation is 2. The van der Waals surface area contributed by atoms with Gasteiger partial charge in [-0.25, -0.2) is 0 Å². The first-order valence-corrected chi connectivity index (χ1v) is 8.32. The standard InChI is InChI=1S/C17H20ClN3O2/c1-12-19-20-16(23-12)6-7-17(22)21-10-8-14(9-11-21)13-2-4-15(18)5-3-13/h2-5,14H,6-11H2,1H3. The summed E-state index contributed by atoms with van der Waals surface area (Å²) in [7, 11) is 0. The SMILES string of the molecule is Cc1nnc(CCC(=O)N2CCC(c3ccc(Cl)cc3)CC2)o1. The number of hydrogen-bond acceptors (Lipinski definition) is 4. The Hall–Kier alpha value is -1.88. The Bertz CT molecular complexity index is 661. The van der Waals surface area contributed by atoms with Crippen LogP contribution in [0.4, 0.5) is 0 Å². The van der Waals surface area contributed by atoms with E-state index in [9.17, 15) is 4.79 Å². The number of amides is 1. The summed E-state index contributed by atoms with van der Waals surface area (Å²) in [6.45, 7) is 3.35. The van der Waals surface area contributed by atoms with Crippen LogP contribution < -0.4 is 0 Å². The van der Waals surface area contributed by atoms with Gasteiger partial charge in [0.1, 0.15) is 0 Å². The Morgan fingerprint density at radius 1 is 1.26 bits per heavy atom. The van der Waals surface area contributed by atoms with Crippen molar-refractivity contribution in [2.45, 2.75) is 38.5 Å². The molecule has 3 rings (SSSR count). The highest BCUT2D eigenvalue weighted by molar-refractivity contribution is 6.30. The van der Waals surface area contributed by atoms with Gasteiger partial charge in [-0.1, -0.05) is 23.7 Å². The van der Waals surface area contributed by atoms with Gasteiger partial charge in [0.25, 0.3) is 0 Å². The Balaban J connectivity index is 1.48. The first-order chi connectivity index (χ1) is 11.1. The lowest BCUT2D eigenvalue weighted by Crippen LogP contribution is -2.38. The maximum absolute atomic E-state index is 12.3. The number of likely N-dealkylation sites (tertiary alicyclic amines) is 1. The fourth-order valence-corrected chi connectivity index (χ4v) is 3.13. The predicted molar refractivity (Wildman–Crippen MR) is 87.4 cm³/mol. The third kappa shape index (κ3) is 4.10. The van der Waals surface area contributed by atoms with Crippen molar-refractivity contribution < 1.29 is 9.21 Å². The van der Waals surface area contributed by atoms with Crippen LogP contribution in [0.5, 0.6) is 0 Å². The number of carbonyl (C=O) groups excluding carboxylic acids is 1. The topological polar surface area (TPSA) is 59.2 Å². The van der Waals surface area contributed by atoms with Crippen LogP contribution >= 0.6 is 11.6 Å². The minimum atomic E-state index is 0.162. The average Bonchev–Trinajstić information content (AvgIpc) is 2.99. The molecule has 1 saturated heterocycles. The molecule has 23 heavy (non-hydrogen) atoms. The number of benzene rings is 1. The van der Waals surface area contributed by atoms with E-state index in [1.165, 1.54) is 5.56 Å². The molecule has 0 spiro atoms. The summed E-state index contributed by atoms with van der Waals surface area (Å²) in [6.07, 6.45) is 2.92. The van der Waals surface area contributed by atoms with Gasteiger partial charge >= 0.3 is 0 Å². The summed E-state index contributed by atoms with van der Waals surface area (Å²) in [5.74, 6) is 1.74. The molecule has 0 aliphatic carbocycles. The molecular weight excluding hydrogens is 314 g/mol. The van der Waals surface area contributed by atoms with E-state index in [-0.39, 0.29) is 5.91 Å². The van der Waals surface area contributed by atoms with Crippen LogP contribution in [0.2, 0.25) is 5.02 Å². The molecule has 1 aromatic heterocycles. The molecule has 1 aliphatic heterocycles. The molecule has 0 unspecified atom stereocenters. The maximum atomic E-state index is 12.3. The Morgan fingerprint density at radius 2 is 1.96 bits per heavy atom. The molecule has 0 bridgehead atoms. The van der Waals surface area contributed by atoms with Crippen LogP contribution in [0, 0.1) is 6.92 Å². The number of halogens is 1. The quantitative estimate of drug-likeness (QED) is 0.860. The lowest BCUT2D eigenvalue weighted by Gasteiger charge is -2.32. The van der Waals surface area contributed by atoms with Crippen LogP contribution in [0.3, 0.4) is 0 Å². The zero-order valence-electron chi connectivity index (χ0n) is 13.2. The fraction of sp³-hybridized carbons (Fsp3) is 0.471. The van der Waals surface area contributed by atoms with Crippen molar-refractivity contribution in [3.05, 3.63) is 46.6 Å². The average molecular weight is 334 g/mol. The molecule has 1 aliphatic rings.